The number of halogens is 3. The molecule has 0 bridgehead atoms. The summed E-state index contributed by atoms with van der Waals surface area (Å²) < 4.78 is 52.0. The van der Waals surface area contributed by atoms with E-state index in [1.807, 2.05) is 6.07 Å². The third-order valence-corrected chi connectivity index (χ3v) is 4.11. The summed E-state index contributed by atoms with van der Waals surface area (Å²) in [7, 11) is 0. The van der Waals surface area contributed by atoms with Crippen molar-refractivity contribution in [2.45, 2.75) is 18.9 Å². The van der Waals surface area contributed by atoms with Gasteiger partial charge in [-0.1, -0.05) is 0 Å². The smallest absolute Gasteiger partial charge is 0.391 e. The zero-order valence-electron chi connectivity index (χ0n) is 15.5. The largest absolute Gasteiger partial charge is 0.419 e. The monoisotopic (exact) mass is 420 g/mol. The van der Waals surface area contributed by atoms with Gasteiger partial charge in [0.15, 0.2) is 5.54 Å². The highest BCUT2D eigenvalue weighted by molar-refractivity contribution is 5.85. The van der Waals surface area contributed by atoms with Crippen LogP contribution < -0.4 is 15.8 Å². The van der Waals surface area contributed by atoms with Gasteiger partial charge in [0.05, 0.1) is 12.2 Å². The molecule has 0 aliphatic carbocycles. The number of amidine groups is 1. The van der Waals surface area contributed by atoms with Gasteiger partial charge in [-0.25, -0.2) is 32.9 Å². The standard InChI is InChI=1S/C18H15F3N6O3/c1-9-4-10(5-22)6-24-15(9)30-17(28)26-13-3-2-11(19)14(25-13)18(16(20)21)8-29-7-12(23)27-18/h2-4,6,16H,7-8H2,1H3,(H2,23,27)(H,25,26,28)/t18-/m1/s1. The summed E-state index contributed by atoms with van der Waals surface area (Å²) in [6, 6.07) is 5.27. The van der Waals surface area contributed by atoms with Crippen molar-refractivity contribution in [1.82, 2.24) is 9.97 Å². The van der Waals surface area contributed by atoms with Gasteiger partial charge < -0.3 is 15.2 Å². The number of carbonyl (C=O) groups excluding carboxylic acids is 1. The summed E-state index contributed by atoms with van der Waals surface area (Å²) >= 11 is 0. The molecule has 1 aliphatic rings. The molecular weight excluding hydrogens is 405 g/mol. The van der Waals surface area contributed by atoms with Crippen molar-refractivity contribution in [3.8, 4) is 11.9 Å². The lowest BCUT2D eigenvalue weighted by Gasteiger charge is -2.32. The Morgan fingerprint density at radius 3 is 2.87 bits per heavy atom. The Kier molecular flexibility index (Phi) is 5.84. The number of rotatable bonds is 4. The number of anilines is 1. The third-order valence-electron chi connectivity index (χ3n) is 4.11. The van der Waals surface area contributed by atoms with Crippen molar-refractivity contribution in [1.29, 1.82) is 5.26 Å². The lowest BCUT2D eigenvalue weighted by molar-refractivity contribution is -0.0168. The molecule has 1 aliphatic heterocycles. The third kappa shape index (κ3) is 4.15. The molecule has 1 atom stereocenters. The van der Waals surface area contributed by atoms with Gasteiger partial charge in [0.2, 0.25) is 5.88 Å². The van der Waals surface area contributed by atoms with Crippen molar-refractivity contribution in [2.24, 2.45) is 10.7 Å². The van der Waals surface area contributed by atoms with Crippen LogP contribution in [0.25, 0.3) is 0 Å². The predicted octanol–water partition coefficient (Wildman–Crippen LogP) is 2.25. The number of pyridine rings is 2. The van der Waals surface area contributed by atoms with Gasteiger partial charge in [0, 0.05) is 11.8 Å². The number of nitrogens with two attached hydrogens (primary N) is 1. The number of aromatic nitrogens is 2. The summed E-state index contributed by atoms with van der Waals surface area (Å²) in [6.07, 6.45) is -3.01. The summed E-state index contributed by atoms with van der Waals surface area (Å²) in [5.74, 6) is -1.64. The van der Waals surface area contributed by atoms with Gasteiger partial charge in [0.25, 0.3) is 6.43 Å². The molecule has 0 fully saturated rings. The molecule has 12 heteroatoms. The predicted molar refractivity (Wildman–Crippen MR) is 97.7 cm³/mol. The van der Waals surface area contributed by atoms with Crippen LogP contribution in [0.3, 0.4) is 0 Å². The van der Waals surface area contributed by atoms with Gasteiger partial charge in [-0.05, 0) is 25.1 Å². The number of ether oxygens (including phenoxy) is 2. The van der Waals surface area contributed by atoms with Crippen LogP contribution in [-0.4, -0.2) is 41.5 Å². The quantitative estimate of drug-likeness (QED) is 0.774. The van der Waals surface area contributed by atoms with E-state index in [2.05, 4.69) is 20.3 Å². The molecule has 0 unspecified atom stereocenters. The minimum absolute atomic E-state index is 0.0732. The Bertz CT molecular complexity index is 1060. The maximum atomic E-state index is 14.4. The fourth-order valence-corrected chi connectivity index (χ4v) is 2.73. The summed E-state index contributed by atoms with van der Waals surface area (Å²) in [6.45, 7) is 0.761. The number of nitrogens with one attached hydrogen (secondary N) is 1. The zero-order chi connectivity index (χ0) is 21.9. The second kappa shape index (κ2) is 8.34. The second-order valence-corrected chi connectivity index (χ2v) is 6.32. The Balaban J connectivity index is 1.86. The first-order valence-corrected chi connectivity index (χ1v) is 8.48. The average Bonchev–Trinajstić information content (AvgIpc) is 2.70. The number of aryl methyl sites for hydroxylation is 1. The number of amides is 1. The van der Waals surface area contributed by atoms with E-state index in [9.17, 15) is 18.0 Å². The minimum atomic E-state index is -3.17. The first-order chi connectivity index (χ1) is 14.2. The van der Waals surface area contributed by atoms with Gasteiger partial charge in [-0.15, -0.1) is 0 Å². The summed E-state index contributed by atoms with van der Waals surface area (Å²) in [5, 5.41) is 11.0. The zero-order valence-corrected chi connectivity index (χ0v) is 15.5. The van der Waals surface area contributed by atoms with Crippen LogP contribution in [0.15, 0.2) is 29.4 Å². The number of carbonyl (C=O) groups is 1. The molecule has 30 heavy (non-hydrogen) atoms. The summed E-state index contributed by atoms with van der Waals surface area (Å²) in [4.78, 5) is 23.5. The normalized spacial score (nSPS) is 18.5. The van der Waals surface area contributed by atoms with E-state index in [1.54, 1.807) is 6.92 Å². The highest BCUT2D eigenvalue weighted by Crippen LogP contribution is 2.36. The topological polar surface area (TPSA) is 136 Å². The van der Waals surface area contributed by atoms with Crippen molar-refractivity contribution < 1.29 is 27.4 Å². The molecule has 0 aromatic carbocycles. The molecule has 9 nitrogen and oxygen atoms in total. The molecular formula is C18H15F3N6O3. The molecule has 1 amide bonds. The fraction of sp³-hybridized carbons (Fsp3) is 0.278. The number of aliphatic imine (C=N–C) groups is 1. The Hall–Kier alpha value is -3.72. The first kappa shape index (κ1) is 21.0. The lowest BCUT2D eigenvalue weighted by atomic mass is 9.95. The van der Waals surface area contributed by atoms with Gasteiger partial charge in [-0.2, -0.15) is 5.26 Å². The van der Waals surface area contributed by atoms with Crippen LogP contribution in [0.2, 0.25) is 0 Å². The molecule has 0 radical (unpaired) electrons. The van der Waals surface area contributed by atoms with E-state index in [0.29, 0.717) is 5.56 Å². The highest BCUT2D eigenvalue weighted by Gasteiger charge is 2.47. The van der Waals surface area contributed by atoms with E-state index >= 15 is 0 Å². The van der Waals surface area contributed by atoms with Crippen molar-refractivity contribution in [3.05, 3.63) is 47.0 Å². The minimum Gasteiger partial charge on any atom is -0.391 e. The number of alkyl halides is 2. The number of nitriles is 1. The molecule has 0 saturated heterocycles. The molecule has 2 aromatic heterocycles. The Morgan fingerprint density at radius 1 is 1.47 bits per heavy atom. The van der Waals surface area contributed by atoms with Crippen LogP contribution in [0.5, 0.6) is 5.88 Å². The van der Waals surface area contributed by atoms with Crippen molar-refractivity contribution >= 4 is 17.7 Å². The van der Waals surface area contributed by atoms with Crippen molar-refractivity contribution in [2.75, 3.05) is 18.5 Å². The van der Waals surface area contributed by atoms with Gasteiger partial charge in [-0.3, -0.25) is 5.32 Å². The maximum Gasteiger partial charge on any atom is 0.419 e. The number of hydrogen-bond acceptors (Lipinski definition) is 8. The Labute approximate surface area is 168 Å². The van der Waals surface area contributed by atoms with E-state index < -0.39 is 36.2 Å². The first-order valence-electron chi connectivity index (χ1n) is 8.48. The fourth-order valence-electron chi connectivity index (χ4n) is 2.73. The molecule has 0 saturated carbocycles. The van der Waals surface area contributed by atoms with Crippen LogP contribution in [-0.2, 0) is 10.3 Å². The molecule has 3 heterocycles. The average molecular weight is 420 g/mol. The van der Waals surface area contributed by atoms with Crippen LogP contribution >= 0.6 is 0 Å². The van der Waals surface area contributed by atoms with Crippen LogP contribution in [0.4, 0.5) is 23.8 Å². The van der Waals surface area contributed by atoms with Crippen LogP contribution in [0.1, 0.15) is 16.8 Å². The molecule has 156 valence electrons. The van der Waals surface area contributed by atoms with E-state index in [0.717, 1.165) is 12.1 Å². The maximum absolute atomic E-state index is 14.4. The molecule has 3 rings (SSSR count). The van der Waals surface area contributed by atoms with E-state index in [1.165, 1.54) is 12.3 Å². The lowest BCUT2D eigenvalue weighted by Crippen LogP contribution is -2.46. The van der Waals surface area contributed by atoms with Crippen LogP contribution in [0, 0.1) is 24.1 Å². The summed E-state index contributed by atoms with van der Waals surface area (Å²) in [5.41, 5.74) is 3.01. The van der Waals surface area contributed by atoms with Gasteiger partial charge >= 0.3 is 6.09 Å². The SMILES string of the molecule is Cc1cc(C#N)cnc1OC(=O)Nc1ccc(F)c([C@@]2(C(F)F)COCC(N)=N2)n1. The number of nitrogens with zero attached hydrogens (tertiary/aromatic N) is 4. The second-order valence-electron chi connectivity index (χ2n) is 6.32. The molecule has 3 N–H and O–H groups in total. The Morgan fingerprint density at radius 2 is 2.23 bits per heavy atom. The molecule has 0 spiro atoms. The molecule has 2 aromatic rings. The van der Waals surface area contributed by atoms with E-state index in [-0.39, 0.29) is 29.7 Å². The van der Waals surface area contributed by atoms with Gasteiger partial charge in [0.1, 0.15) is 35.8 Å². The van der Waals surface area contributed by atoms with Crippen molar-refractivity contribution in [3.63, 3.8) is 0 Å². The van der Waals surface area contributed by atoms with E-state index in [4.69, 9.17) is 20.5 Å². The number of hydrogen-bond donors (Lipinski definition) is 2. The highest BCUT2D eigenvalue weighted by atomic mass is 19.3.